The van der Waals surface area contributed by atoms with Crippen molar-refractivity contribution in [1.82, 2.24) is 34.5 Å². The normalized spacial score (nSPS) is 10.5. The molecule has 19 rings (SSSR count). The van der Waals surface area contributed by atoms with E-state index in [1.165, 1.54) is 21.8 Å². The first-order valence-corrected chi connectivity index (χ1v) is 37.2. The topological polar surface area (TPSA) is 110 Å². The molecule has 117 heavy (non-hydrogen) atoms. The van der Waals surface area contributed by atoms with E-state index >= 15 is 0 Å². The van der Waals surface area contributed by atoms with E-state index in [-0.39, 0.29) is 63.2 Å². The largest absolute Gasteiger partial charge is 2.00 e. The molecule has 0 spiro atoms. The molecule has 0 fully saturated rings. The third-order valence-corrected chi connectivity index (χ3v) is 18.7. The molecule has 0 saturated carbocycles. The van der Waals surface area contributed by atoms with Crippen LogP contribution in [0.15, 0.2) is 413 Å². The summed E-state index contributed by atoms with van der Waals surface area (Å²) < 4.78 is 13.8. The van der Waals surface area contributed by atoms with Crippen LogP contribution in [0.4, 0.5) is 51.2 Å². The first kappa shape index (κ1) is 80.0. The number of para-hydroxylation sites is 4. The van der Waals surface area contributed by atoms with Gasteiger partial charge in [0, 0.05) is 106 Å². The van der Waals surface area contributed by atoms with Gasteiger partial charge in [0.05, 0.1) is 11.0 Å². The van der Waals surface area contributed by atoms with Crippen LogP contribution in [0.25, 0.3) is 83.6 Å². The zero-order valence-electron chi connectivity index (χ0n) is 62.5. The minimum atomic E-state index is 0. The van der Waals surface area contributed by atoms with E-state index in [2.05, 4.69) is 268 Å². The summed E-state index contributed by atoms with van der Waals surface area (Å²) in [6.45, 7) is 0. The molecule has 0 radical (unpaired) electrons. The summed E-state index contributed by atoms with van der Waals surface area (Å²) in [5.41, 5.74) is 21.2. The van der Waals surface area contributed by atoms with Gasteiger partial charge >= 0.3 is 63.2 Å². The molecule has 15 heteroatoms. The summed E-state index contributed by atoms with van der Waals surface area (Å²) in [7, 11) is 0. The predicted molar refractivity (Wildman–Crippen MR) is 458 cm³/mol. The molecule has 0 aliphatic rings. The first-order chi connectivity index (χ1) is 56.5. The minimum absolute atomic E-state index is 0. The molecule has 0 amide bonds. The Balaban J connectivity index is 0.000000148. The van der Waals surface area contributed by atoms with E-state index < -0.39 is 0 Å². The van der Waals surface area contributed by atoms with Crippen molar-refractivity contribution >= 4 is 73.0 Å². The zero-order chi connectivity index (χ0) is 76.5. The Hall–Kier alpha value is -13.6. The second-order valence-corrected chi connectivity index (χ2v) is 26.1. The molecular weight excluding hydrogens is 1980 g/mol. The second kappa shape index (κ2) is 39.0. The van der Waals surface area contributed by atoms with Gasteiger partial charge in [-0.25, -0.2) is 21.1 Å². The maximum Gasteiger partial charge on any atom is 2.00 e. The smallest absolute Gasteiger partial charge is 0.460 e. The molecule has 19 aromatic rings. The fourth-order valence-electron chi connectivity index (χ4n) is 13.5. The molecular formula is C102H68N10O2Pt3. The Morgan fingerprint density at radius 1 is 0.214 bits per heavy atom. The fourth-order valence-corrected chi connectivity index (χ4v) is 13.5. The summed E-state index contributed by atoms with van der Waals surface area (Å²) in [4.78, 5) is 33.2. The van der Waals surface area contributed by atoms with Gasteiger partial charge in [0.25, 0.3) is 0 Å². The number of benzene rings is 12. The SMILES string of the molecule is [Pt+2].[Pt+2].[Pt+2].[c-]1c(-c2ccccn2)cccc1N(c1[c-]c(-c2ccccn2)ccc1)c1ccc(-n2c3ccccc3c3ccccc32)cc1.[c-]1c(-c2ccccn2)cccc1N(c1[c-]c(-c2ccccn2)ccc1)c1ccc(N(c2ccccc2)c2ccccc2)cc1.[c-]1c(Oc2ccccn2)cccc1-c1[c-]c(Oc2ccccn2)ccc1. The second-order valence-electron chi connectivity index (χ2n) is 26.1. The van der Waals surface area contributed by atoms with Gasteiger partial charge in [-0.05, 0) is 167 Å². The molecule has 0 saturated heterocycles. The Bertz CT molecular complexity index is 6030. The van der Waals surface area contributed by atoms with E-state index in [1.807, 2.05) is 207 Å². The van der Waals surface area contributed by atoms with Crippen molar-refractivity contribution in [2.75, 3.05) is 14.7 Å². The number of fused-ring (bicyclic) bond motifs is 3. The molecule has 7 heterocycles. The molecule has 0 aliphatic carbocycles. The third-order valence-electron chi connectivity index (χ3n) is 18.7. The van der Waals surface area contributed by atoms with Gasteiger partial charge in [-0.2, -0.15) is 24.3 Å². The van der Waals surface area contributed by atoms with Crippen molar-refractivity contribution in [2.45, 2.75) is 0 Å². The zero-order valence-corrected chi connectivity index (χ0v) is 69.3. The number of nitrogens with zero attached hydrogens (tertiary/aromatic N) is 10. The number of anilines is 9. The van der Waals surface area contributed by atoms with Crippen LogP contribution >= 0.6 is 0 Å². The standard InChI is InChI=1S/C40H26N4.C40H28N4.C22H14N2O2.3Pt/c1-3-19-39-35(15-1)36-16-2-4-20-40(36)44(39)32-23-21-31(22-24-32)43(33-13-9-11-29(27-33)37-17-5-7-25-41-37)34-14-10-12-30(28-34)38-18-6-8-26-42-38;1-3-15-33(16-4-1)43(34-17-5-2-6-18-34)35-23-25-36(26-24-35)44(37-19-11-13-31(29-37)39-21-7-9-27-41-39)38-20-12-14-32(30-38)40-22-8-10-28-42-40;1-3-13-23-21(11-1)25-19-9-5-7-17(15-19)18-8-6-10-20(16-18)26-22-12-2-4-14-24-22;;;/h1-26H;1-28H;1-14H;;;/q3*-2;3*+2. The number of pyridine rings is 6. The van der Waals surface area contributed by atoms with Crippen LogP contribution in [0.1, 0.15) is 0 Å². The molecule has 568 valence electrons. The molecule has 0 N–H and O–H groups in total. The predicted octanol–water partition coefficient (Wildman–Crippen LogP) is 25.6. The quantitative estimate of drug-likeness (QED) is 0.0722. The average Bonchev–Trinajstić information content (AvgIpc) is 1.63. The van der Waals surface area contributed by atoms with Crippen molar-refractivity contribution in [3.63, 3.8) is 0 Å². The van der Waals surface area contributed by atoms with E-state index in [4.69, 9.17) is 9.47 Å². The van der Waals surface area contributed by atoms with Crippen LogP contribution in [0.2, 0.25) is 0 Å². The molecule has 0 unspecified atom stereocenters. The summed E-state index contributed by atoms with van der Waals surface area (Å²) in [6, 6.07) is 147. The molecule has 12 aromatic carbocycles. The van der Waals surface area contributed by atoms with E-state index in [0.29, 0.717) is 23.3 Å². The third kappa shape index (κ3) is 19.1. The van der Waals surface area contributed by atoms with Gasteiger partial charge in [-0.15, -0.1) is 144 Å². The van der Waals surface area contributed by atoms with Crippen LogP contribution in [-0.2, 0) is 63.2 Å². The van der Waals surface area contributed by atoms with Gasteiger partial charge in [0.2, 0.25) is 11.8 Å². The van der Waals surface area contributed by atoms with Crippen LogP contribution in [0.5, 0.6) is 23.3 Å². The van der Waals surface area contributed by atoms with Crippen LogP contribution < -0.4 is 24.2 Å². The maximum atomic E-state index is 5.74. The summed E-state index contributed by atoms with van der Waals surface area (Å²) >= 11 is 0. The molecule has 0 bridgehead atoms. The Labute approximate surface area is 723 Å². The van der Waals surface area contributed by atoms with Gasteiger partial charge in [0.15, 0.2) is 0 Å². The van der Waals surface area contributed by atoms with Crippen molar-refractivity contribution in [2.24, 2.45) is 0 Å². The average molecular weight is 2050 g/mol. The van der Waals surface area contributed by atoms with Crippen LogP contribution in [0, 0.1) is 36.4 Å². The molecule has 7 aromatic heterocycles. The van der Waals surface area contributed by atoms with Crippen LogP contribution in [-0.4, -0.2) is 34.5 Å². The first-order valence-electron chi connectivity index (χ1n) is 37.2. The van der Waals surface area contributed by atoms with E-state index in [1.54, 1.807) is 24.5 Å². The van der Waals surface area contributed by atoms with Crippen molar-refractivity contribution in [3.8, 4) is 85.1 Å². The summed E-state index contributed by atoms with van der Waals surface area (Å²) in [6.07, 6.45) is 10.6. The molecule has 12 nitrogen and oxygen atoms in total. The van der Waals surface area contributed by atoms with Crippen molar-refractivity contribution in [3.05, 3.63) is 450 Å². The molecule has 0 atom stereocenters. The molecule has 0 aliphatic heterocycles. The van der Waals surface area contributed by atoms with Gasteiger partial charge in [0.1, 0.15) is 0 Å². The van der Waals surface area contributed by atoms with E-state index in [0.717, 1.165) is 113 Å². The Morgan fingerprint density at radius 3 is 0.829 bits per heavy atom. The maximum absolute atomic E-state index is 5.74. The van der Waals surface area contributed by atoms with Crippen molar-refractivity contribution in [1.29, 1.82) is 0 Å². The van der Waals surface area contributed by atoms with E-state index in [9.17, 15) is 0 Å². The number of rotatable bonds is 19. The summed E-state index contributed by atoms with van der Waals surface area (Å²) in [5, 5.41) is 2.49. The van der Waals surface area contributed by atoms with Gasteiger partial charge < -0.3 is 48.7 Å². The van der Waals surface area contributed by atoms with Crippen LogP contribution in [0.3, 0.4) is 0 Å². The number of hydrogen-bond acceptors (Lipinski definition) is 11. The number of ether oxygens (including phenoxy) is 2. The fraction of sp³-hybridized carbons (Fsp3) is 0. The Kier molecular flexibility index (Phi) is 26.6. The monoisotopic (exact) mass is 2050 g/mol. The van der Waals surface area contributed by atoms with Gasteiger partial charge in [-0.1, -0.05) is 133 Å². The summed E-state index contributed by atoms with van der Waals surface area (Å²) in [5.74, 6) is 2.23. The number of hydrogen-bond donors (Lipinski definition) is 0. The Morgan fingerprint density at radius 2 is 0.496 bits per heavy atom. The number of aromatic nitrogens is 7. The minimum Gasteiger partial charge on any atom is -0.460 e. The van der Waals surface area contributed by atoms with Gasteiger partial charge in [-0.3, -0.25) is 0 Å². The van der Waals surface area contributed by atoms with Crippen molar-refractivity contribution < 1.29 is 72.7 Å².